The number of carbonyl (C=O) groups is 1. The van der Waals surface area contributed by atoms with Gasteiger partial charge in [-0.15, -0.1) is 0 Å². The van der Waals surface area contributed by atoms with Gasteiger partial charge in [0.1, 0.15) is 0 Å². The lowest BCUT2D eigenvalue weighted by molar-refractivity contribution is -0.120. The maximum atomic E-state index is 13.5. The first-order chi connectivity index (χ1) is 15.1. The largest absolute Gasteiger partial charge is 0.326 e. The van der Waals surface area contributed by atoms with Crippen LogP contribution in [0.5, 0.6) is 0 Å². The van der Waals surface area contributed by atoms with Crippen molar-refractivity contribution in [2.75, 3.05) is 11.4 Å². The Labute approximate surface area is 185 Å². The summed E-state index contributed by atoms with van der Waals surface area (Å²) < 4.78 is 0. The number of pyridine rings is 1. The molecule has 1 saturated carbocycles. The van der Waals surface area contributed by atoms with Crippen LogP contribution in [0.1, 0.15) is 38.2 Å². The van der Waals surface area contributed by atoms with Gasteiger partial charge in [-0.2, -0.15) is 0 Å². The van der Waals surface area contributed by atoms with E-state index in [0.29, 0.717) is 12.5 Å². The molecule has 0 aliphatic heterocycles. The highest BCUT2D eigenvalue weighted by molar-refractivity contribution is 5.97. The van der Waals surface area contributed by atoms with Crippen LogP contribution in [0.15, 0.2) is 79.1 Å². The van der Waals surface area contributed by atoms with Crippen molar-refractivity contribution in [2.24, 2.45) is 17.6 Å². The van der Waals surface area contributed by atoms with Crippen LogP contribution in [0.4, 0.5) is 5.69 Å². The number of anilines is 1. The van der Waals surface area contributed by atoms with E-state index in [0.717, 1.165) is 24.1 Å². The molecular weight excluding hydrogens is 382 g/mol. The first-order valence-electron chi connectivity index (χ1n) is 11.2. The molecule has 1 aromatic heterocycles. The van der Waals surface area contributed by atoms with Crippen LogP contribution in [0.25, 0.3) is 11.1 Å². The van der Waals surface area contributed by atoms with Gasteiger partial charge in [-0.3, -0.25) is 9.78 Å². The Hall–Kier alpha value is -2.98. The second-order valence-corrected chi connectivity index (χ2v) is 8.64. The fourth-order valence-corrected chi connectivity index (χ4v) is 4.13. The normalized spacial score (nSPS) is 19.5. The van der Waals surface area contributed by atoms with Crippen LogP contribution in [-0.4, -0.2) is 23.5 Å². The van der Waals surface area contributed by atoms with Gasteiger partial charge in [0.2, 0.25) is 5.91 Å². The molecule has 1 aliphatic rings. The zero-order valence-corrected chi connectivity index (χ0v) is 18.3. The van der Waals surface area contributed by atoms with E-state index < -0.39 is 0 Å². The summed E-state index contributed by atoms with van der Waals surface area (Å²) in [5, 5.41) is 0. The van der Waals surface area contributed by atoms with Crippen LogP contribution in [-0.2, 0) is 4.79 Å². The lowest BCUT2D eigenvalue weighted by atomic mass is 9.98. The molecule has 31 heavy (non-hydrogen) atoms. The minimum atomic E-state index is -0.0547. The molecule has 2 aromatic carbocycles. The zero-order valence-electron chi connectivity index (χ0n) is 18.3. The van der Waals surface area contributed by atoms with Crippen molar-refractivity contribution < 1.29 is 4.79 Å². The molecule has 4 heteroatoms. The van der Waals surface area contributed by atoms with Crippen LogP contribution in [0, 0.1) is 11.8 Å². The molecule has 3 aromatic rings. The third-order valence-corrected chi connectivity index (χ3v) is 6.56. The average Bonchev–Trinajstić information content (AvgIpc) is 3.64. The Balaban J connectivity index is 1.56. The van der Waals surface area contributed by atoms with Gasteiger partial charge in [0.25, 0.3) is 0 Å². The van der Waals surface area contributed by atoms with E-state index in [9.17, 15) is 4.79 Å². The summed E-state index contributed by atoms with van der Waals surface area (Å²) in [6.07, 6.45) is 5.49. The van der Waals surface area contributed by atoms with Gasteiger partial charge in [0.15, 0.2) is 0 Å². The Morgan fingerprint density at radius 1 is 1.03 bits per heavy atom. The molecule has 4 nitrogen and oxygen atoms in total. The van der Waals surface area contributed by atoms with Crippen molar-refractivity contribution in [3.8, 4) is 11.1 Å². The predicted molar refractivity (Wildman–Crippen MR) is 127 cm³/mol. The van der Waals surface area contributed by atoms with Crippen molar-refractivity contribution in [1.29, 1.82) is 0 Å². The van der Waals surface area contributed by atoms with E-state index >= 15 is 0 Å². The summed E-state index contributed by atoms with van der Waals surface area (Å²) in [6, 6.07) is 22.5. The quantitative estimate of drug-likeness (QED) is 0.548. The molecule has 0 saturated heterocycles. The Morgan fingerprint density at radius 3 is 2.32 bits per heavy atom. The van der Waals surface area contributed by atoms with E-state index in [1.54, 1.807) is 12.4 Å². The molecule has 0 radical (unpaired) electrons. The third kappa shape index (κ3) is 4.86. The van der Waals surface area contributed by atoms with Gasteiger partial charge >= 0.3 is 0 Å². The third-order valence-electron chi connectivity index (χ3n) is 6.56. The highest BCUT2D eigenvalue weighted by atomic mass is 16.2. The smallest absolute Gasteiger partial charge is 0.230 e. The molecule has 1 aliphatic carbocycles. The molecule has 0 unspecified atom stereocenters. The molecule has 0 bridgehead atoms. The van der Waals surface area contributed by atoms with Crippen molar-refractivity contribution >= 4 is 11.6 Å². The van der Waals surface area contributed by atoms with Gasteiger partial charge < -0.3 is 10.6 Å². The molecule has 160 valence electrons. The van der Waals surface area contributed by atoms with Crippen molar-refractivity contribution in [3.05, 3.63) is 84.7 Å². The minimum absolute atomic E-state index is 0.0142. The summed E-state index contributed by atoms with van der Waals surface area (Å²) >= 11 is 0. The van der Waals surface area contributed by atoms with Gasteiger partial charge in [0, 0.05) is 36.6 Å². The Bertz CT molecular complexity index is 988. The van der Waals surface area contributed by atoms with E-state index in [1.165, 1.54) is 11.1 Å². The summed E-state index contributed by atoms with van der Waals surface area (Å²) in [6.45, 7) is 4.84. The fourth-order valence-electron chi connectivity index (χ4n) is 4.13. The number of carbonyl (C=O) groups excluding carboxylic acids is 1. The summed E-state index contributed by atoms with van der Waals surface area (Å²) in [4.78, 5) is 19.6. The second-order valence-electron chi connectivity index (χ2n) is 8.64. The molecule has 4 rings (SSSR count). The molecular formula is C27H31N3O. The number of hydrogen-bond acceptors (Lipinski definition) is 3. The molecule has 4 atom stereocenters. The number of rotatable bonds is 8. The minimum Gasteiger partial charge on any atom is -0.326 e. The predicted octanol–water partition coefficient (Wildman–Crippen LogP) is 5.26. The molecule has 1 heterocycles. The maximum absolute atomic E-state index is 13.5. The molecule has 1 fully saturated rings. The topological polar surface area (TPSA) is 59.2 Å². The standard InChI is InChI=1S/C27H31N3O/c1-3-19(2)26(28)18-30(27(31)25-17-24(25)22-13-15-29-16-14-22)23-11-9-21(10-12-23)20-7-5-4-6-8-20/h4-16,19,24-26H,3,17-18,28H2,1-2H3/t19-,24-,25+,26+/m0/s1. The number of benzene rings is 2. The van der Waals surface area contributed by atoms with Crippen LogP contribution in [0.3, 0.4) is 0 Å². The van der Waals surface area contributed by atoms with E-state index in [-0.39, 0.29) is 23.8 Å². The SMILES string of the molecule is CC[C@H](C)[C@H](N)CN(C(=O)[C@@H]1C[C@H]1c1ccncc1)c1ccc(-c2ccccc2)cc1. The van der Waals surface area contributed by atoms with Gasteiger partial charge in [-0.25, -0.2) is 0 Å². The number of nitrogens with zero attached hydrogens (tertiary/aromatic N) is 2. The molecule has 1 amide bonds. The van der Waals surface area contributed by atoms with Crippen LogP contribution in [0.2, 0.25) is 0 Å². The van der Waals surface area contributed by atoms with Gasteiger partial charge in [-0.05, 0) is 59.2 Å². The number of nitrogens with two attached hydrogens (primary N) is 1. The first kappa shape index (κ1) is 21.3. The van der Waals surface area contributed by atoms with Gasteiger partial charge in [-0.1, -0.05) is 62.7 Å². The van der Waals surface area contributed by atoms with E-state index in [4.69, 9.17) is 5.73 Å². The molecule has 0 spiro atoms. The van der Waals surface area contributed by atoms with Crippen molar-refractivity contribution in [2.45, 2.75) is 38.6 Å². The van der Waals surface area contributed by atoms with Crippen molar-refractivity contribution in [3.63, 3.8) is 0 Å². The first-order valence-corrected chi connectivity index (χ1v) is 11.2. The number of hydrogen-bond donors (Lipinski definition) is 1. The number of aromatic nitrogens is 1. The number of amides is 1. The summed E-state index contributed by atoms with van der Waals surface area (Å²) in [5.74, 6) is 0.823. The summed E-state index contributed by atoms with van der Waals surface area (Å²) in [7, 11) is 0. The average molecular weight is 414 g/mol. The summed E-state index contributed by atoms with van der Waals surface area (Å²) in [5.41, 5.74) is 10.9. The highest BCUT2D eigenvalue weighted by Gasteiger charge is 2.46. The lowest BCUT2D eigenvalue weighted by Crippen LogP contribution is -2.45. The van der Waals surface area contributed by atoms with Gasteiger partial charge in [0.05, 0.1) is 0 Å². The zero-order chi connectivity index (χ0) is 21.8. The van der Waals surface area contributed by atoms with E-state index in [2.05, 4.69) is 43.1 Å². The second kappa shape index (κ2) is 9.44. The van der Waals surface area contributed by atoms with E-state index in [1.807, 2.05) is 47.4 Å². The Kier molecular flexibility index (Phi) is 6.47. The maximum Gasteiger partial charge on any atom is 0.230 e. The molecule has 2 N–H and O–H groups in total. The van der Waals surface area contributed by atoms with Crippen LogP contribution >= 0.6 is 0 Å². The lowest BCUT2D eigenvalue weighted by Gasteiger charge is -2.29. The Morgan fingerprint density at radius 2 is 1.68 bits per heavy atom. The monoisotopic (exact) mass is 413 g/mol. The highest BCUT2D eigenvalue weighted by Crippen LogP contribution is 2.48. The van der Waals surface area contributed by atoms with Crippen LogP contribution < -0.4 is 10.6 Å². The fraction of sp³-hybridized carbons (Fsp3) is 0.333. The van der Waals surface area contributed by atoms with Crippen molar-refractivity contribution in [1.82, 2.24) is 4.98 Å².